The van der Waals surface area contributed by atoms with Gasteiger partial charge in [-0.2, -0.15) is 0 Å². The van der Waals surface area contributed by atoms with Gasteiger partial charge in [-0.25, -0.2) is 0 Å². The third kappa shape index (κ3) is 3.32. The lowest BCUT2D eigenvalue weighted by atomic mass is 10.2. The topological polar surface area (TPSA) is 127 Å². The van der Waals surface area contributed by atoms with Gasteiger partial charge in [0.1, 0.15) is 12.2 Å². The van der Waals surface area contributed by atoms with Crippen molar-refractivity contribution >= 4 is 7.60 Å². The summed E-state index contributed by atoms with van der Waals surface area (Å²) in [5.41, 5.74) is 0. The van der Waals surface area contributed by atoms with Crippen LogP contribution >= 0.6 is 7.60 Å². The highest BCUT2D eigenvalue weighted by molar-refractivity contribution is 7.53. The SMILES string of the molecule is COP(=O)(O)C(O)[C@@H](O)[C@@H](O)CO. The highest BCUT2D eigenvalue weighted by Crippen LogP contribution is 2.46. The summed E-state index contributed by atoms with van der Waals surface area (Å²) in [5, 5.41) is 35.1. The minimum atomic E-state index is -4.35. The maximum atomic E-state index is 10.9. The Hall–Kier alpha value is -0.0100. The molecular weight excluding hydrogens is 203 g/mol. The minimum absolute atomic E-state index is 0.831. The third-order valence-corrected chi connectivity index (χ3v) is 2.98. The Morgan fingerprint density at radius 3 is 2.15 bits per heavy atom. The predicted octanol–water partition coefficient (Wildman–Crippen LogP) is -2.15. The van der Waals surface area contributed by atoms with Crippen molar-refractivity contribution in [3.8, 4) is 0 Å². The van der Waals surface area contributed by atoms with Gasteiger partial charge in [0.15, 0.2) is 5.85 Å². The number of hydrogen-bond donors (Lipinski definition) is 5. The molecule has 0 saturated heterocycles. The van der Waals surface area contributed by atoms with E-state index in [2.05, 4.69) is 4.52 Å². The average Bonchev–Trinajstić information content (AvgIpc) is 2.14. The van der Waals surface area contributed by atoms with Crippen LogP contribution in [0, 0.1) is 0 Å². The molecule has 0 radical (unpaired) electrons. The fraction of sp³-hybridized carbons (Fsp3) is 1.00. The molecule has 4 atom stereocenters. The van der Waals surface area contributed by atoms with Gasteiger partial charge in [-0.1, -0.05) is 0 Å². The van der Waals surface area contributed by atoms with Crippen molar-refractivity contribution < 1.29 is 34.4 Å². The van der Waals surface area contributed by atoms with Crippen LogP contribution in [0.1, 0.15) is 0 Å². The van der Waals surface area contributed by atoms with Crippen LogP contribution in [0.25, 0.3) is 0 Å². The van der Waals surface area contributed by atoms with Crippen LogP contribution in [-0.2, 0) is 9.09 Å². The van der Waals surface area contributed by atoms with E-state index in [1.54, 1.807) is 0 Å². The fourth-order valence-electron chi connectivity index (χ4n) is 0.608. The van der Waals surface area contributed by atoms with E-state index < -0.39 is 32.3 Å². The highest BCUT2D eigenvalue weighted by Gasteiger charge is 2.38. The monoisotopic (exact) mass is 216 g/mol. The Labute approximate surface area is 74.7 Å². The van der Waals surface area contributed by atoms with Gasteiger partial charge in [-0.3, -0.25) is 4.57 Å². The van der Waals surface area contributed by atoms with Crippen molar-refractivity contribution in [2.24, 2.45) is 0 Å². The van der Waals surface area contributed by atoms with Crippen molar-refractivity contribution in [3.63, 3.8) is 0 Å². The molecule has 0 fully saturated rings. The Bertz CT molecular complexity index is 195. The van der Waals surface area contributed by atoms with Crippen molar-refractivity contribution in [1.29, 1.82) is 0 Å². The molecule has 80 valence electrons. The molecular formula is C5H13O7P. The first-order valence-electron chi connectivity index (χ1n) is 3.40. The first-order valence-corrected chi connectivity index (χ1v) is 5.04. The molecule has 0 bridgehead atoms. The molecule has 0 saturated carbocycles. The van der Waals surface area contributed by atoms with Crippen molar-refractivity contribution in [2.45, 2.75) is 18.1 Å². The molecule has 0 rings (SSSR count). The van der Waals surface area contributed by atoms with Gasteiger partial charge in [0.05, 0.1) is 6.61 Å². The highest BCUT2D eigenvalue weighted by atomic mass is 31.2. The van der Waals surface area contributed by atoms with Gasteiger partial charge in [-0.15, -0.1) is 0 Å². The van der Waals surface area contributed by atoms with E-state index in [-0.39, 0.29) is 0 Å². The Morgan fingerprint density at radius 1 is 1.38 bits per heavy atom. The van der Waals surface area contributed by atoms with Gasteiger partial charge >= 0.3 is 7.60 Å². The summed E-state index contributed by atoms with van der Waals surface area (Å²) in [6.45, 7) is -0.831. The summed E-state index contributed by atoms with van der Waals surface area (Å²) in [4.78, 5) is 8.84. The first-order chi connectivity index (χ1) is 5.86. The Kier molecular flexibility index (Phi) is 5.01. The second kappa shape index (κ2) is 5.02. The molecule has 5 N–H and O–H groups in total. The summed E-state index contributed by atoms with van der Waals surface area (Å²) in [6.07, 6.45) is -3.62. The standard InChI is InChI=1S/C5H13O7P/c1-12-13(10,11)5(9)4(8)3(7)2-6/h3-9H,2H2,1H3,(H,10,11)/t3-,4-,5?/m0/s1. The lowest BCUT2D eigenvalue weighted by Gasteiger charge is -2.23. The van der Waals surface area contributed by atoms with Crippen LogP contribution in [0.5, 0.6) is 0 Å². The van der Waals surface area contributed by atoms with Crippen LogP contribution in [-0.4, -0.2) is 57.1 Å². The van der Waals surface area contributed by atoms with Gasteiger partial charge in [0.25, 0.3) is 0 Å². The molecule has 0 aliphatic carbocycles. The van der Waals surface area contributed by atoms with Gasteiger partial charge in [0, 0.05) is 7.11 Å². The minimum Gasteiger partial charge on any atom is -0.394 e. The molecule has 13 heavy (non-hydrogen) atoms. The maximum absolute atomic E-state index is 10.9. The zero-order chi connectivity index (χ0) is 10.6. The quantitative estimate of drug-likeness (QED) is 0.331. The molecule has 8 heteroatoms. The van der Waals surface area contributed by atoms with Gasteiger partial charge < -0.3 is 29.8 Å². The van der Waals surface area contributed by atoms with Crippen LogP contribution < -0.4 is 0 Å². The molecule has 0 aliphatic heterocycles. The second-order valence-electron chi connectivity index (χ2n) is 2.40. The summed E-state index contributed by atoms with van der Waals surface area (Å²) in [6, 6.07) is 0. The van der Waals surface area contributed by atoms with Crippen molar-refractivity contribution in [2.75, 3.05) is 13.7 Å². The predicted molar refractivity (Wildman–Crippen MR) is 41.9 cm³/mol. The fourth-order valence-corrected chi connectivity index (χ4v) is 1.41. The average molecular weight is 216 g/mol. The number of rotatable bonds is 5. The summed E-state index contributed by atoms with van der Waals surface area (Å²) in [5.74, 6) is -2.14. The maximum Gasteiger partial charge on any atom is 0.358 e. The lowest BCUT2D eigenvalue weighted by molar-refractivity contribution is -0.0580. The summed E-state index contributed by atoms with van der Waals surface area (Å²) in [7, 11) is -3.48. The van der Waals surface area contributed by atoms with Crippen LogP contribution in [0.2, 0.25) is 0 Å². The molecule has 2 unspecified atom stereocenters. The largest absolute Gasteiger partial charge is 0.394 e. The van der Waals surface area contributed by atoms with Crippen molar-refractivity contribution in [1.82, 2.24) is 0 Å². The van der Waals surface area contributed by atoms with Gasteiger partial charge in [-0.05, 0) is 0 Å². The Balaban J connectivity index is 4.41. The normalized spacial score (nSPS) is 23.2. The molecule has 0 aliphatic rings. The summed E-state index contributed by atoms with van der Waals surface area (Å²) >= 11 is 0. The molecule has 7 nitrogen and oxygen atoms in total. The zero-order valence-corrected chi connectivity index (χ0v) is 7.83. The van der Waals surface area contributed by atoms with Gasteiger partial charge in [0.2, 0.25) is 0 Å². The summed E-state index contributed by atoms with van der Waals surface area (Å²) < 4.78 is 14.9. The smallest absolute Gasteiger partial charge is 0.358 e. The van der Waals surface area contributed by atoms with Crippen LogP contribution in [0.3, 0.4) is 0 Å². The van der Waals surface area contributed by atoms with Crippen LogP contribution in [0.15, 0.2) is 0 Å². The van der Waals surface area contributed by atoms with E-state index in [9.17, 15) is 4.57 Å². The number of hydrogen-bond acceptors (Lipinski definition) is 6. The molecule has 0 aromatic heterocycles. The number of aliphatic hydroxyl groups is 4. The molecule has 0 heterocycles. The molecule has 0 spiro atoms. The molecule has 0 aromatic carbocycles. The third-order valence-electron chi connectivity index (χ3n) is 1.48. The van der Waals surface area contributed by atoms with Crippen molar-refractivity contribution in [3.05, 3.63) is 0 Å². The van der Waals surface area contributed by atoms with E-state index >= 15 is 0 Å². The Morgan fingerprint density at radius 2 is 1.85 bits per heavy atom. The zero-order valence-electron chi connectivity index (χ0n) is 6.94. The molecule has 0 aromatic rings. The number of aliphatic hydroxyl groups excluding tert-OH is 4. The first kappa shape index (κ1) is 13.0. The van der Waals surface area contributed by atoms with E-state index in [1.165, 1.54) is 0 Å². The molecule has 0 amide bonds. The van der Waals surface area contributed by atoms with E-state index in [1.807, 2.05) is 0 Å². The van der Waals surface area contributed by atoms with E-state index in [0.29, 0.717) is 0 Å². The van der Waals surface area contributed by atoms with Crippen LogP contribution in [0.4, 0.5) is 0 Å². The second-order valence-corrected chi connectivity index (χ2v) is 4.42. The van der Waals surface area contributed by atoms with E-state index in [0.717, 1.165) is 7.11 Å². The van der Waals surface area contributed by atoms with E-state index in [4.69, 9.17) is 25.3 Å². The lowest BCUT2D eigenvalue weighted by Crippen LogP contribution is -2.39.